The summed E-state index contributed by atoms with van der Waals surface area (Å²) in [7, 11) is 0. The second-order valence-corrected chi connectivity index (χ2v) is 9.48. The number of aliphatic hydroxyl groups excluding tert-OH is 1. The maximum atomic E-state index is 13.1. The zero-order valence-electron chi connectivity index (χ0n) is 19.8. The number of nitrogens with zero attached hydrogens (tertiary/aromatic N) is 3. The third kappa shape index (κ3) is 4.27. The molecule has 1 unspecified atom stereocenters. The lowest BCUT2D eigenvalue weighted by Gasteiger charge is -2.41. The van der Waals surface area contributed by atoms with E-state index in [4.69, 9.17) is 16.2 Å². The maximum Gasteiger partial charge on any atom is 0.334 e. The van der Waals surface area contributed by atoms with Gasteiger partial charge >= 0.3 is 6.03 Å². The number of hydrogen-bond donors (Lipinski definition) is 3. The van der Waals surface area contributed by atoms with Crippen molar-refractivity contribution in [1.29, 1.82) is 0 Å². The summed E-state index contributed by atoms with van der Waals surface area (Å²) in [4.78, 5) is 66.5. The van der Waals surface area contributed by atoms with E-state index in [-0.39, 0.29) is 12.6 Å². The molecule has 2 heterocycles. The molecule has 0 bridgehead atoms. The van der Waals surface area contributed by atoms with Crippen LogP contribution in [0.2, 0.25) is 0 Å². The summed E-state index contributed by atoms with van der Waals surface area (Å²) in [6.45, 7) is 4.55. The van der Waals surface area contributed by atoms with Crippen molar-refractivity contribution in [1.82, 2.24) is 14.7 Å². The highest BCUT2D eigenvalue weighted by Crippen LogP contribution is 2.37. The van der Waals surface area contributed by atoms with E-state index in [9.17, 15) is 29.1 Å². The average molecular weight is 480 g/mol. The fraction of sp³-hybridized carbons (Fsp3) is 0.682. The molecule has 3 aliphatic rings. The van der Waals surface area contributed by atoms with Crippen LogP contribution in [-0.4, -0.2) is 81.0 Å². The van der Waals surface area contributed by atoms with Crippen LogP contribution >= 0.6 is 0 Å². The lowest BCUT2D eigenvalue weighted by atomic mass is 9.87. The Hall–Kier alpha value is -2.99. The van der Waals surface area contributed by atoms with Crippen molar-refractivity contribution >= 4 is 29.7 Å². The number of likely N-dealkylation sites (tertiary alicyclic amines) is 1. The number of urea groups is 1. The fourth-order valence-electron chi connectivity index (χ4n) is 4.74. The van der Waals surface area contributed by atoms with E-state index in [1.165, 1.54) is 0 Å². The van der Waals surface area contributed by atoms with Gasteiger partial charge in [-0.2, -0.15) is 0 Å². The van der Waals surface area contributed by atoms with E-state index in [1.54, 1.807) is 13.8 Å². The number of carbonyl (C=O) groups excluding carboxylic acids is 5. The van der Waals surface area contributed by atoms with E-state index >= 15 is 0 Å². The van der Waals surface area contributed by atoms with Crippen LogP contribution in [0.3, 0.4) is 0 Å². The predicted molar refractivity (Wildman–Crippen MR) is 118 cm³/mol. The van der Waals surface area contributed by atoms with Gasteiger partial charge in [0.15, 0.2) is 6.10 Å². The van der Waals surface area contributed by atoms with Crippen LogP contribution in [-0.2, 0) is 23.9 Å². The predicted octanol–water partition coefficient (Wildman–Crippen LogP) is -0.252. The number of barbiturate groups is 1. The lowest BCUT2D eigenvalue weighted by Crippen LogP contribution is -2.61. The van der Waals surface area contributed by atoms with E-state index in [0.717, 1.165) is 21.1 Å². The van der Waals surface area contributed by atoms with Crippen molar-refractivity contribution in [2.24, 2.45) is 16.9 Å². The van der Waals surface area contributed by atoms with Gasteiger partial charge in [-0.25, -0.2) is 4.79 Å². The van der Waals surface area contributed by atoms with E-state index in [2.05, 4.69) is 0 Å². The van der Waals surface area contributed by atoms with Gasteiger partial charge in [0.2, 0.25) is 5.91 Å². The first-order valence-electron chi connectivity index (χ1n) is 11.5. The van der Waals surface area contributed by atoms with Crippen molar-refractivity contribution in [3.63, 3.8) is 0 Å². The molecule has 0 aromatic rings. The van der Waals surface area contributed by atoms with Crippen molar-refractivity contribution in [3.05, 3.63) is 11.4 Å². The molecule has 1 aliphatic carbocycles. The first kappa shape index (κ1) is 25.6. The van der Waals surface area contributed by atoms with Crippen LogP contribution in [0, 0.1) is 5.41 Å². The molecule has 1 saturated carbocycles. The summed E-state index contributed by atoms with van der Waals surface area (Å²) in [5.41, 5.74) is 9.71. The van der Waals surface area contributed by atoms with Gasteiger partial charge in [-0.05, 0) is 46.0 Å². The summed E-state index contributed by atoms with van der Waals surface area (Å²) in [6, 6.07) is -1.18. The number of rotatable bonds is 7. The second kappa shape index (κ2) is 9.71. The highest BCUT2D eigenvalue weighted by molar-refractivity contribution is 6.29. The molecule has 3 rings (SSSR count). The van der Waals surface area contributed by atoms with Gasteiger partial charge in [0.25, 0.3) is 17.7 Å². The largest absolute Gasteiger partial charge is 0.385 e. The molecule has 3 fully saturated rings. The summed E-state index contributed by atoms with van der Waals surface area (Å²) in [5.74, 6) is -3.09. The monoisotopic (exact) mass is 479 g/mol. The number of nitrogens with two attached hydrogens (primary N) is 2. The first-order valence-corrected chi connectivity index (χ1v) is 11.5. The number of ether oxygens (including phenoxy) is 1. The fourth-order valence-corrected chi connectivity index (χ4v) is 4.74. The quantitative estimate of drug-likeness (QED) is 0.252. The van der Waals surface area contributed by atoms with Gasteiger partial charge in [0.05, 0.1) is 11.5 Å². The Labute approximate surface area is 197 Å². The van der Waals surface area contributed by atoms with Gasteiger partial charge in [0.1, 0.15) is 18.1 Å². The molecule has 1 atom stereocenters. The molecular formula is C22H33N5O7. The molecule has 12 nitrogen and oxygen atoms in total. The second-order valence-electron chi connectivity index (χ2n) is 9.48. The molecule has 0 aromatic carbocycles. The molecule has 6 amide bonds. The molecule has 188 valence electrons. The Morgan fingerprint density at radius 3 is 2.15 bits per heavy atom. The van der Waals surface area contributed by atoms with Crippen LogP contribution in [0.25, 0.3) is 0 Å². The number of amides is 6. The van der Waals surface area contributed by atoms with E-state index in [0.29, 0.717) is 32.1 Å². The van der Waals surface area contributed by atoms with Gasteiger partial charge < -0.3 is 21.3 Å². The van der Waals surface area contributed by atoms with E-state index in [1.807, 2.05) is 6.92 Å². The standard InChI is InChI=1S/C22H33N5O7/c1-4-5-10-25-17(29)14(16(23)24)18(30)27(21(25)33)12-6-8-13(9-7-12)34-15-19(31)26(11-28)20(32)22(15,2)3/h12-13,15,28H,4-11,23-24H2,1-3H3. The highest BCUT2D eigenvalue weighted by Gasteiger charge is 2.55. The van der Waals surface area contributed by atoms with Crippen molar-refractivity contribution in [3.8, 4) is 0 Å². The normalized spacial score (nSPS) is 27.8. The summed E-state index contributed by atoms with van der Waals surface area (Å²) >= 11 is 0. The van der Waals surface area contributed by atoms with Crippen LogP contribution in [0.15, 0.2) is 11.4 Å². The van der Waals surface area contributed by atoms with Crippen LogP contribution in [0.5, 0.6) is 0 Å². The minimum Gasteiger partial charge on any atom is -0.385 e. The minimum absolute atomic E-state index is 0.154. The zero-order chi connectivity index (χ0) is 25.4. The first-order chi connectivity index (χ1) is 16.0. The number of hydrogen-bond acceptors (Lipinski definition) is 9. The van der Waals surface area contributed by atoms with Crippen LogP contribution in [0.1, 0.15) is 59.3 Å². The molecule has 0 radical (unpaired) electrons. The minimum atomic E-state index is -1.12. The van der Waals surface area contributed by atoms with Gasteiger partial charge in [0, 0.05) is 12.6 Å². The molecule has 2 aliphatic heterocycles. The molecule has 2 saturated heterocycles. The molecule has 5 N–H and O–H groups in total. The Balaban J connectivity index is 1.72. The number of imide groups is 3. The third-order valence-electron chi connectivity index (χ3n) is 6.77. The zero-order valence-corrected chi connectivity index (χ0v) is 19.8. The van der Waals surface area contributed by atoms with Crippen LogP contribution in [0.4, 0.5) is 4.79 Å². The van der Waals surface area contributed by atoms with Gasteiger partial charge in [-0.1, -0.05) is 13.3 Å². The number of unbranched alkanes of at least 4 members (excludes halogenated alkanes) is 1. The Bertz CT molecular complexity index is 919. The van der Waals surface area contributed by atoms with Gasteiger partial charge in [-0.3, -0.25) is 33.9 Å². The molecule has 0 aromatic heterocycles. The summed E-state index contributed by atoms with van der Waals surface area (Å²) in [6.07, 6.45) is 1.54. The number of carbonyl (C=O) groups is 5. The topological polar surface area (TPSA) is 177 Å². The van der Waals surface area contributed by atoms with Gasteiger partial charge in [-0.15, -0.1) is 0 Å². The Morgan fingerprint density at radius 1 is 1.03 bits per heavy atom. The van der Waals surface area contributed by atoms with Crippen LogP contribution < -0.4 is 11.5 Å². The molecular weight excluding hydrogens is 446 g/mol. The maximum absolute atomic E-state index is 13.1. The Kier molecular flexibility index (Phi) is 7.32. The average Bonchev–Trinajstić information content (AvgIpc) is 2.93. The smallest absolute Gasteiger partial charge is 0.334 e. The van der Waals surface area contributed by atoms with Crippen molar-refractivity contribution < 1.29 is 33.8 Å². The Morgan fingerprint density at radius 2 is 1.65 bits per heavy atom. The lowest BCUT2D eigenvalue weighted by molar-refractivity contribution is -0.148. The molecule has 0 spiro atoms. The molecule has 12 heteroatoms. The number of aliphatic hydroxyl groups is 1. The third-order valence-corrected chi connectivity index (χ3v) is 6.77. The summed E-state index contributed by atoms with van der Waals surface area (Å²) < 4.78 is 6.00. The highest BCUT2D eigenvalue weighted by atomic mass is 16.5. The van der Waals surface area contributed by atoms with Crippen molar-refractivity contribution in [2.45, 2.75) is 77.5 Å². The molecule has 34 heavy (non-hydrogen) atoms. The van der Waals surface area contributed by atoms with Crippen molar-refractivity contribution in [2.75, 3.05) is 13.3 Å². The van der Waals surface area contributed by atoms with E-state index < -0.39 is 65.3 Å². The SMILES string of the molecule is CCCCN1C(=O)C(=C(N)N)C(=O)N(C2CCC(OC3C(=O)N(CO)C(=O)C3(C)C)CC2)C1=O. The summed E-state index contributed by atoms with van der Waals surface area (Å²) in [5, 5.41) is 9.36.